The van der Waals surface area contributed by atoms with E-state index >= 15 is 0 Å². The van der Waals surface area contributed by atoms with Crippen LogP contribution in [0.4, 0.5) is 14.5 Å². The second kappa shape index (κ2) is 5.00. The molecule has 1 unspecified atom stereocenters. The number of halogens is 2. The van der Waals surface area contributed by atoms with Crippen LogP contribution in [-0.4, -0.2) is 26.6 Å². The number of nitrogens with one attached hydrogen (secondary N) is 1. The fraction of sp³-hybridized carbons (Fsp3) is 0.538. The molecule has 1 heterocycles. The molecule has 1 N–H and O–H groups in total. The number of hydrogen-bond acceptors (Lipinski definition) is 2. The summed E-state index contributed by atoms with van der Waals surface area (Å²) in [5, 5.41) is 2.84. The van der Waals surface area contributed by atoms with Gasteiger partial charge in [0.1, 0.15) is 0 Å². The van der Waals surface area contributed by atoms with Crippen molar-refractivity contribution in [2.24, 2.45) is 0 Å². The van der Waals surface area contributed by atoms with Gasteiger partial charge in [-0.25, -0.2) is 8.78 Å². The minimum atomic E-state index is -2.37. The molecule has 1 aromatic carbocycles. The molecule has 17 heavy (non-hydrogen) atoms. The molecule has 1 aromatic rings. The molecule has 1 atom stereocenters. The molecule has 0 fully saturated rings. The van der Waals surface area contributed by atoms with Crippen molar-refractivity contribution in [1.82, 2.24) is 5.32 Å². The summed E-state index contributed by atoms with van der Waals surface area (Å²) in [6.07, 6.45) is -1.42. The first-order valence-electron chi connectivity index (χ1n) is 5.99. The van der Waals surface area contributed by atoms with Crippen molar-refractivity contribution in [2.75, 3.05) is 25.0 Å². The molecular weight excluding hydrogens is 222 g/mol. The molecule has 2 rings (SSSR count). The molecule has 0 spiro atoms. The molecule has 94 valence electrons. The van der Waals surface area contributed by atoms with E-state index in [2.05, 4.69) is 10.2 Å². The van der Waals surface area contributed by atoms with E-state index in [1.165, 1.54) is 11.3 Å². The highest BCUT2D eigenvalue weighted by Crippen LogP contribution is 2.30. The number of rotatable bonds is 4. The Morgan fingerprint density at radius 1 is 1.41 bits per heavy atom. The van der Waals surface area contributed by atoms with E-state index < -0.39 is 12.5 Å². The molecule has 0 aromatic heterocycles. The average molecular weight is 240 g/mol. The predicted molar refractivity (Wildman–Crippen MR) is 65.8 cm³/mol. The first kappa shape index (κ1) is 12.3. The lowest BCUT2D eigenvalue weighted by atomic mass is 10.0. The molecule has 0 saturated carbocycles. The number of likely N-dealkylation sites (N-methyl/N-ethyl adjacent to an activating group) is 1. The lowest BCUT2D eigenvalue weighted by Crippen LogP contribution is -2.27. The van der Waals surface area contributed by atoms with E-state index in [0.29, 0.717) is 12.1 Å². The Kier molecular flexibility index (Phi) is 3.62. The lowest BCUT2D eigenvalue weighted by molar-refractivity contribution is 0.0993. The Hall–Kier alpha value is -1.16. The molecular formula is C13H18F2N2. The van der Waals surface area contributed by atoms with Crippen LogP contribution < -0.4 is 10.2 Å². The Morgan fingerprint density at radius 3 is 2.82 bits per heavy atom. The number of fused-ring (bicyclic) bond motifs is 1. The largest absolute Gasteiger partial charge is 0.374 e. The van der Waals surface area contributed by atoms with Gasteiger partial charge in [-0.2, -0.15) is 0 Å². The van der Waals surface area contributed by atoms with Gasteiger partial charge in [0.25, 0.3) is 6.43 Å². The molecule has 0 aliphatic carbocycles. The summed E-state index contributed by atoms with van der Waals surface area (Å²) in [7, 11) is 2.03. The van der Waals surface area contributed by atoms with Gasteiger partial charge in [0.2, 0.25) is 0 Å². The van der Waals surface area contributed by atoms with Gasteiger partial charge < -0.3 is 10.2 Å². The maximum atomic E-state index is 12.9. The van der Waals surface area contributed by atoms with Gasteiger partial charge in [-0.15, -0.1) is 0 Å². The number of nitrogens with zero attached hydrogens (tertiary/aromatic N) is 1. The van der Waals surface area contributed by atoms with Crippen LogP contribution in [0.2, 0.25) is 0 Å². The van der Waals surface area contributed by atoms with Gasteiger partial charge in [0.05, 0.1) is 6.04 Å². The topological polar surface area (TPSA) is 15.3 Å². The van der Waals surface area contributed by atoms with Gasteiger partial charge in [-0.3, -0.25) is 0 Å². The van der Waals surface area contributed by atoms with Gasteiger partial charge in [0, 0.05) is 19.3 Å². The minimum Gasteiger partial charge on any atom is -0.374 e. The van der Waals surface area contributed by atoms with Crippen LogP contribution in [0, 0.1) is 0 Å². The molecule has 2 nitrogen and oxygen atoms in total. The van der Waals surface area contributed by atoms with Crippen molar-refractivity contribution in [3.8, 4) is 0 Å². The highest BCUT2D eigenvalue weighted by molar-refractivity contribution is 5.58. The normalized spacial score (nSPS) is 16.4. The second-order valence-corrected chi connectivity index (χ2v) is 4.43. The van der Waals surface area contributed by atoms with Crippen molar-refractivity contribution < 1.29 is 8.78 Å². The smallest absolute Gasteiger partial charge is 0.257 e. The summed E-state index contributed by atoms with van der Waals surface area (Å²) in [5.41, 5.74) is 3.03. The van der Waals surface area contributed by atoms with Crippen LogP contribution >= 0.6 is 0 Å². The standard InChI is InChI=1S/C13H18F2N2/c1-3-16-12(13(14)15)10-4-5-11-9(8-10)6-7-17(11)2/h4-5,8,12-13,16H,3,6-7H2,1-2H3. The monoisotopic (exact) mass is 240 g/mol. The molecule has 0 amide bonds. The van der Waals surface area contributed by atoms with Crippen LogP contribution in [0.25, 0.3) is 0 Å². The van der Waals surface area contributed by atoms with Gasteiger partial charge in [-0.05, 0) is 30.2 Å². The van der Waals surface area contributed by atoms with E-state index in [4.69, 9.17) is 0 Å². The minimum absolute atomic E-state index is 0.548. The fourth-order valence-corrected chi connectivity index (χ4v) is 2.35. The maximum Gasteiger partial charge on any atom is 0.257 e. The maximum absolute atomic E-state index is 12.9. The van der Waals surface area contributed by atoms with Crippen LogP contribution in [0.1, 0.15) is 24.1 Å². The van der Waals surface area contributed by atoms with Crippen molar-refractivity contribution in [2.45, 2.75) is 25.8 Å². The zero-order chi connectivity index (χ0) is 12.4. The number of anilines is 1. The summed E-state index contributed by atoms with van der Waals surface area (Å²) in [4.78, 5) is 2.16. The third-order valence-electron chi connectivity index (χ3n) is 3.27. The highest BCUT2D eigenvalue weighted by atomic mass is 19.3. The van der Waals surface area contributed by atoms with E-state index in [9.17, 15) is 8.78 Å². The van der Waals surface area contributed by atoms with E-state index in [1.54, 1.807) is 6.07 Å². The van der Waals surface area contributed by atoms with Gasteiger partial charge >= 0.3 is 0 Å². The van der Waals surface area contributed by atoms with Crippen LogP contribution in [0.15, 0.2) is 18.2 Å². The zero-order valence-electron chi connectivity index (χ0n) is 10.2. The van der Waals surface area contributed by atoms with Crippen molar-refractivity contribution in [3.05, 3.63) is 29.3 Å². The molecule has 1 aliphatic heterocycles. The third-order valence-corrected chi connectivity index (χ3v) is 3.27. The number of alkyl halides is 2. The predicted octanol–water partition coefficient (Wildman–Crippen LogP) is 2.59. The lowest BCUT2D eigenvalue weighted by Gasteiger charge is -2.19. The van der Waals surface area contributed by atoms with E-state index in [-0.39, 0.29) is 0 Å². The van der Waals surface area contributed by atoms with Gasteiger partial charge in [0.15, 0.2) is 0 Å². The number of hydrogen-bond donors (Lipinski definition) is 1. The Balaban J connectivity index is 2.27. The fourth-order valence-electron chi connectivity index (χ4n) is 2.35. The Bertz CT molecular complexity index is 393. The van der Waals surface area contributed by atoms with Crippen molar-refractivity contribution >= 4 is 5.69 Å². The molecule has 0 radical (unpaired) electrons. The molecule has 0 bridgehead atoms. The van der Waals surface area contributed by atoms with Gasteiger partial charge in [-0.1, -0.05) is 19.1 Å². The van der Waals surface area contributed by atoms with E-state index in [0.717, 1.165) is 13.0 Å². The average Bonchev–Trinajstić information content (AvgIpc) is 2.67. The van der Waals surface area contributed by atoms with Crippen LogP contribution in [0.3, 0.4) is 0 Å². The molecule has 0 saturated heterocycles. The summed E-state index contributed by atoms with van der Waals surface area (Å²) < 4.78 is 25.9. The van der Waals surface area contributed by atoms with Crippen molar-refractivity contribution in [3.63, 3.8) is 0 Å². The zero-order valence-corrected chi connectivity index (χ0v) is 10.2. The first-order chi connectivity index (χ1) is 8.13. The van der Waals surface area contributed by atoms with Crippen molar-refractivity contribution in [1.29, 1.82) is 0 Å². The van der Waals surface area contributed by atoms with Crippen LogP contribution in [0.5, 0.6) is 0 Å². The molecule has 4 heteroatoms. The quantitative estimate of drug-likeness (QED) is 0.870. The number of benzene rings is 1. The summed E-state index contributed by atoms with van der Waals surface area (Å²) >= 11 is 0. The second-order valence-electron chi connectivity index (χ2n) is 4.43. The summed E-state index contributed by atoms with van der Waals surface area (Å²) in [6.45, 7) is 3.36. The van der Waals surface area contributed by atoms with Crippen LogP contribution in [-0.2, 0) is 6.42 Å². The molecule has 1 aliphatic rings. The first-order valence-corrected chi connectivity index (χ1v) is 5.99. The summed E-state index contributed by atoms with van der Waals surface area (Å²) in [6, 6.07) is 4.82. The summed E-state index contributed by atoms with van der Waals surface area (Å²) in [5.74, 6) is 0. The Morgan fingerprint density at radius 2 is 2.18 bits per heavy atom. The third kappa shape index (κ3) is 2.41. The SMILES string of the molecule is CCNC(c1ccc2c(c1)CCN2C)C(F)F. The highest BCUT2D eigenvalue weighted by Gasteiger charge is 2.23. The van der Waals surface area contributed by atoms with E-state index in [1.807, 2.05) is 26.1 Å². The Labute approximate surface area is 101 Å².